The van der Waals surface area contributed by atoms with Crippen LogP contribution in [0.15, 0.2) is 60.7 Å². The van der Waals surface area contributed by atoms with Crippen LogP contribution in [0.25, 0.3) is 21.5 Å². The van der Waals surface area contributed by atoms with Gasteiger partial charge in [-0.25, -0.2) is 0 Å². The van der Waals surface area contributed by atoms with Gasteiger partial charge in [0.1, 0.15) is 23.0 Å². The Morgan fingerprint density at radius 3 is 1.22 bits per heavy atom. The second kappa shape index (κ2) is 10.5. The molecule has 0 heterocycles. The maximum atomic E-state index is 11.9. The number of fused-ring (bicyclic) bond motifs is 2. The van der Waals surface area contributed by atoms with Gasteiger partial charge in [0.15, 0.2) is 0 Å². The second-order valence-electron chi connectivity index (χ2n) is 8.40. The molecule has 0 spiro atoms. The van der Waals surface area contributed by atoms with E-state index in [0.717, 1.165) is 10.8 Å². The van der Waals surface area contributed by atoms with Crippen LogP contribution in [0.4, 0.5) is 0 Å². The van der Waals surface area contributed by atoms with Crippen molar-refractivity contribution >= 4 is 45.4 Å². The lowest BCUT2D eigenvalue weighted by atomic mass is 9.93. The number of benzene rings is 4. The van der Waals surface area contributed by atoms with Crippen molar-refractivity contribution in [2.75, 3.05) is 0 Å². The third-order valence-corrected chi connectivity index (χ3v) is 5.51. The summed E-state index contributed by atoms with van der Waals surface area (Å²) >= 11 is 0. The SMILES string of the molecule is CC(=O)Oc1ccc2ccc(OC(C)=O)c(Cc3c(OC(C)=O)ccc4ccc(OC(C)=O)cc34)c2c1. The third-order valence-electron chi connectivity index (χ3n) is 5.51. The fourth-order valence-corrected chi connectivity index (χ4v) is 4.18. The van der Waals surface area contributed by atoms with Crippen molar-refractivity contribution in [1.29, 1.82) is 0 Å². The Morgan fingerprint density at radius 1 is 0.514 bits per heavy atom. The van der Waals surface area contributed by atoms with Gasteiger partial charge in [-0.3, -0.25) is 19.2 Å². The van der Waals surface area contributed by atoms with Gasteiger partial charge in [0.25, 0.3) is 0 Å². The first-order chi connectivity index (χ1) is 17.6. The van der Waals surface area contributed by atoms with Gasteiger partial charge < -0.3 is 18.9 Å². The Bertz CT molecular complexity index is 1440. The van der Waals surface area contributed by atoms with Crippen LogP contribution < -0.4 is 18.9 Å². The molecule has 8 nitrogen and oxygen atoms in total. The van der Waals surface area contributed by atoms with E-state index in [1.165, 1.54) is 27.7 Å². The van der Waals surface area contributed by atoms with Crippen LogP contribution in [0.3, 0.4) is 0 Å². The van der Waals surface area contributed by atoms with Crippen molar-refractivity contribution in [3.63, 3.8) is 0 Å². The maximum absolute atomic E-state index is 11.9. The van der Waals surface area contributed by atoms with Crippen molar-refractivity contribution in [1.82, 2.24) is 0 Å². The first-order valence-electron chi connectivity index (χ1n) is 11.5. The molecular formula is C29H24O8. The van der Waals surface area contributed by atoms with Crippen LogP contribution in [0.5, 0.6) is 23.0 Å². The average molecular weight is 501 g/mol. The summed E-state index contributed by atoms with van der Waals surface area (Å²) in [6.07, 6.45) is 0.174. The van der Waals surface area contributed by atoms with Crippen LogP contribution in [0.2, 0.25) is 0 Å². The van der Waals surface area contributed by atoms with Crippen molar-refractivity contribution < 1.29 is 38.1 Å². The highest BCUT2D eigenvalue weighted by atomic mass is 16.5. The lowest BCUT2D eigenvalue weighted by Gasteiger charge is -2.17. The number of ether oxygens (including phenoxy) is 4. The van der Waals surface area contributed by atoms with Crippen molar-refractivity contribution in [2.45, 2.75) is 34.1 Å². The first kappa shape index (κ1) is 25.4. The summed E-state index contributed by atoms with van der Waals surface area (Å²) in [5, 5.41) is 2.99. The summed E-state index contributed by atoms with van der Waals surface area (Å²) in [6, 6.07) is 17.3. The van der Waals surface area contributed by atoms with E-state index in [1.807, 2.05) is 0 Å². The number of carbonyl (C=O) groups excluding carboxylic acids is 4. The molecule has 0 atom stereocenters. The number of esters is 4. The van der Waals surface area contributed by atoms with E-state index in [9.17, 15) is 19.2 Å². The Hall–Kier alpha value is -4.72. The summed E-state index contributed by atoms with van der Waals surface area (Å²) in [4.78, 5) is 47.0. The van der Waals surface area contributed by atoms with Gasteiger partial charge in [0, 0.05) is 45.2 Å². The normalized spacial score (nSPS) is 10.7. The summed E-state index contributed by atoms with van der Waals surface area (Å²) in [5.41, 5.74) is 1.22. The van der Waals surface area contributed by atoms with Crippen LogP contribution in [-0.4, -0.2) is 23.9 Å². The molecule has 0 fully saturated rings. The molecule has 0 saturated heterocycles. The van der Waals surface area contributed by atoms with E-state index in [2.05, 4.69) is 0 Å². The quantitative estimate of drug-likeness (QED) is 0.260. The van der Waals surface area contributed by atoms with Crippen LogP contribution in [0, 0.1) is 0 Å². The van der Waals surface area contributed by atoms with Gasteiger partial charge >= 0.3 is 23.9 Å². The zero-order chi connectivity index (χ0) is 26.7. The minimum atomic E-state index is -0.507. The van der Waals surface area contributed by atoms with Crippen molar-refractivity contribution in [2.24, 2.45) is 0 Å². The molecular weight excluding hydrogens is 476 g/mol. The van der Waals surface area contributed by atoms with Gasteiger partial charge in [-0.1, -0.05) is 24.3 Å². The smallest absolute Gasteiger partial charge is 0.308 e. The lowest BCUT2D eigenvalue weighted by molar-refractivity contribution is -0.132. The molecule has 0 aliphatic carbocycles. The Balaban J connectivity index is 1.98. The molecule has 4 aromatic carbocycles. The topological polar surface area (TPSA) is 105 Å². The summed E-state index contributed by atoms with van der Waals surface area (Å²) < 4.78 is 21.6. The highest BCUT2D eigenvalue weighted by molar-refractivity contribution is 5.94. The monoisotopic (exact) mass is 500 g/mol. The molecule has 0 aliphatic heterocycles. The van der Waals surface area contributed by atoms with Crippen LogP contribution in [-0.2, 0) is 25.6 Å². The molecule has 0 unspecified atom stereocenters. The van der Waals surface area contributed by atoms with Crippen LogP contribution >= 0.6 is 0 Å². The van der Waals surface area contributed by atoms with Gasteiger partial charge in [0.2, 0.25) is 0 Å². The molecule has 0 aromatic heterocycles. The summed E-state index contributed by atoms with van der Waals surface area (Å²) in [6.45, 7) is 5.22. The van der Waals surface area contributed by atoms with Gasteiger partial charge in [-0.05, 0) is 57.9 Å². The van der Waals surface area contributed by atoms with E-state index < -0.39 is 23.9 Å². The largest absolute Gasteiger partial charge is 0.427 e. The average Bonchev–Trinajstić information content (AvgIpc) is 2.80. The molecule has 0 bridgehead atoms. The molecule has 4 rings (SSSR count). The van der Waals surface area contributed by atoms with E-state index >= 15 is 0 Å². The highest BCUT2D eigenvalue weighted by Gasteiger charge is 2.19. The number of hydrogen-bond acceptors (Lipinski definition) is 8. The van der Waals surface area contributed by atoms with Crippen LogP contribution in [0.1, 0.15) is 38.8 Å². The van der Waals surface area contributed by atoms with E-state index in [4.69, 9.17) is 18.9 Å². The fraction of sp³-hybridized carbons (Fsp3) is 0.172. The van der Waals surface area contributed by atoms with Gasteiger partial charge in [0.05, 0.1) is 0 Å². The fourth-order valence-electron chi connectivity index (χ4n) is 4.18. The van der Waals surface area contributed by atoms with Gasteiger partial charge in [-0.15, -0.1) is 0 Å². The molecule has 0 aliphatic rings. The Morgan fingerprint density at radius 2 is 0.865 bits per heavy atom. The predicted molar refractivity (Wildman–Crippen MR) is 136 cm³/mol. The first-order valence-corrected chi connectivity index (χ1v) is 11.5. The third kappa shape index (κ3) is 5.92. The second-order valence-corrected chi connectivity index (χ2v) is 8.40. The standard InChI is InChI=1S/C29H24O8/c1-16(30)34-22-9-5-20-7-11-28(36-18(3)32)26(24(20)13-22)15-27-25-14-23(35-17(2)31)10-6-21(25)8-12-29(27)37-19(4)33/h5-14H,15H2,1-4H3. The van der Waals surface area contributed by atoms with Gasteiger partial charge in [-0.2, -0.15) is 0 Å². The summed E-state index contributed by atoms with van der Waals surface area (Å²) in [5.74, 6) is -0.682. The number of carbonyl (C=O) groups is 4. The minimum absolute atomic E-state index is 0.174. The van der Waals surface area contributed by atoms with Crippen molar-refractivity contribution in [3.8, 4) is 23.0 Å². The van der Waals surface area contributed by atoms with E-state index in [0.29, 0.717) is 44.9 Å². The van der Waals surface area contributed by atoms with E-state index in [-0.39, 0.29) is 6.42 Å². The molecule has 0 saturated carbocycles. The van der Waals surface area contributed by atoms with E-state index in [1.54, 1.807) is 60.7 Å². The molecule has 4 aromatic rings. The molecule has 188 valence electrons. The zero-order valence-electron chi connectivity index (χ0n) is 20.7. The molecule has 0 N–H and O–H groups in total. The Kier molecular flexibility index (Phi) is 7.20. The highest BCUT2D eigenvalue weighted by Crippen LogP contribution is 2.38. The minimum Gasteiger partial charge on any atom is -0.427 e. The maximum Gasteiger partial charge on any atom is 0.308 e. The molecule has 37 heavy (non-hydrogen) atoms. The molecule has 8 heteroatoms. The summed E-state index contributed by atoms with van der Waals surface area (Å²) in [7, 11) is 0. The number of hydrogen-bond donors (Lipinski definition) is 0. The lowest BCUT2D eigenvalue weighted by Crippen LogP contribution is -2.08. The Labute approximate surface area is 212 Å². The van der Waals surface area contributed by atoms with Crippen molar-refractivity contribution in [3.05, 3.63) is 71.8 Å². The predicted octanol–water partition coefficient (Wildman–Crippen LogP) is 5.29. The number of rotatable bonds is 6. The zero-order valence-corrected chi connectivity index (χ0v) is 20.7. The molecule has 0 amide bonds. The molecule has 0 radical (unpaired) electrons.